The SMILES string of the molecule is CCN(Cc1ccc(C(N)=O)cc1)C1CC2CCC(C1)N2. The number of piperidine rings is 1. The highest BCUT2D eigenvalue weighted by molar-refractivity contribution is 5.92. The molecule has 4 nitrogen and oxygen atoms in total. The fraction of sp³-hybridized carbons (Fsp3) is 0.588. The Kier molecular flexibility index (Phi) is 4.27. The van der Waals surface area contributed by atoms with Crippen molar-refractivity contribution in [3.05, 3.63) is 35.4 Å². The van der Waals surface area contributed by atoms with Crippen molar-refractivity contribution in [2.75, 3.05) is 6.54 Å². The highest BCUT2D eigenvalue weighted by atomic mass is 16.1. The number of nitrogens with one attached hydrogen (secondary N) is 1. The second-order valence-corrected chi connectivity index (χ2v) is 6.39. The molecule has 2 atom stereocenters. The van der Waals surface area contributed by atoms with Gasteiger partial charge in [-0.2, -0.15) is 0 Å². The summed E-state index contributed by atoms with van der Waals surface area (Å²) in [5, 5.41) is 3.70. The summed E-state index contributed by atoms with van der Waals surface area (Å²) in [4.78, 5) is 13.7. The van der Waals surface area contributed by atoms with Crippen molar-refractivity contribution < 1.29 is 4.79 Å². The van der Waals surface area contributed by atoms with Crippen molar-refractivity contribution >= 4 is 5.91 Å². The Balaban J connectivity index is 1.65. The molecule has 21 heavy (non-hydrogen) atoms. The van der Waals surface area contributed by atoms with Gasteiger partial charge in [-0.1, -0.05) is 19.1 Å². The zero-order chi connectivity index (χ0) is 14.8. The van der Waals surface area contributed by atoms with Gasteiger partial charge in [0.05, 0.1) is 0 Å². The number of hydrogen-bond donors (Lipinski definition) is 2. The van der Waals surface area contributed by atoms with Gasteiger partial charge in [0.1, 0.15) is 0 Å². The molecule has 1 amide bonds. The van der Waals surface area contributed by atoms with Crippen LogP contribution in [0.15, 0.2) is 24.3 Å². The van der Waals surface area contributed by atoms with E-state index >= 15 is 0 Å². The van der Waals surface area contributed by atoms with Gasteiger partial charge in [0.15, 0.2) is 0 Å². The molecule has 0 aliphatic carbocycles. The Bertz CT molecular complexity index is 487. The first kappa shape index (κ1) is 14.5. The first-order chi connectivity index (χ1) is 10.2. The van der Waals surface area contributed by atoms with Crippen molar-refractivity contribution in [1.82, 2.24) is 10.2 Å². The molecule has 4 heteroatoms. The van der Waals surface area contributed by atoms with Crippen LogP contribution < -0.4 is 11.1 Å². The number of nitrogens with two attached hydrogens (primary N) is 1. The van der Waals surface area contributed by atoms with Gasteiger partial charge in [-0.25, -0.2) is 0 Å². The minimum atomic E-state index is -0.358. The lowest BCUT2D eigenvalue weighted by Crippen LogP contribution is -2.47. The Morgan fingerprint density at radius 2 is 1.86 bits per heavy atom. The van der Waals surface area contributed by atoms with Crippen LogP contribution >= 0.6 is 0 Å². The Morgan fingerprint density at radius 1 is 1.24 bits per heavy atom. The summed E-state index contributed by atoms with van der Waals surface area (Å²) in [6.07, 6.45) is 5.21. The Hall–Kier alpha value is -1.39. The molecule has 2 aliphatic heterocycles. The maximum atomic E-state index is 11.1. The normalized spacial score (nSPS) is 28.0. The molecule has 0 spiro atoms. The Morgan fingerprint density at radius 3 is 2.38 bits per heavy atom. The number of carbonyl (C=O) groups is 1. The van der Waals surface area contributed by atoms with Gasteiger partial charge >= 0.3 is 0 Å². The van der Waals surface area contributed by atoms with Crippen molar-refractivity contribution in [3.8, 4) is 0 Å². The van der Waals surface area contributed by atoms with Crippen molar-refractivity contribution in [2.24, 2.45) is 5.73 Å². The summed E-state index contributed by atoms with van der Waals surface area (Å²) in [6, 6.07) is 9.84. The number of rotatable bonds is 5. The minimum Gasteiger partial charge on any atom is -0.366 e. The van der Waals surface area contributed by atoms with Crippen molar-refractivity contribution in [2.45, 2.75) is 57.3 Å². The van der Waals surface area contributed by atoms with Crippen LogP contribution in [0.25, 0.3) is 0 Å². The second-order valence-electron chi connectivity index (χ2n) is 6.39. The van der Waals surface area contributed by atoms with Gasteiger partial charge in [0, 0.05) is 30.2 Å². The van der Waals surface area contributed by atoms with Crippen molar-refractivity contribution in [1.29, 1.82) is 0 Å². The van der Waals surface area contributed by atoms with Crippen LogP contribution in [-0.4, -0.2) is 35.5 Å². The molecule has 1 aromatic rings. The van der Waals surface area contributed by atoms with Gasteiger partial charge in [-0.3, -0.25) is 9.69 Å². The third-order valence-corrected chi connectivity index (χ3v) is 4.99. The smallest absolute Gasteiger partial charge is 0.248 e. The molecular formula is C17H25N3O. The van der Waals surface area contributed by atoms with Crippen LogP contribution in [0.3, 0.4) is 0 Å². The van der Waals surface area contributed by atoms with Crippen LogP contribution in [0.1, 0.15) is 48.5 Å². The van der Waals surface area contributed by atoms with Gasteiger partial charge in [-0.05, 0) is 49.9 Å². The number of amides is 1. The lowest BCUT2D eigenvalue weighted by Gasteiger charge is -2.37. The molecule has 2 heterocycles. The highest BCUT2D eigenvalue weighted by Crippen LogP contribution is 2.30. The van der Waals surface area contributed by atoms with Gasteiger partial charge in [0.25, 0.3) is 0 Å². The predicted octanol–water partition coefficient (Wildman–Crippen LogP) is 1.89. The maximum absolute atomic E-state index is 11.1. The van der Waals surface area contributed by atoms with Crippen LogP contribution in [0.4, 0.5) is 0 Å². The molecule has 2 bridgehead atoms. The maximum Gasteiger partial charge on any atom is 0.248 e. The molecule has 2 saturated heterocycles. The molecular weight excluding hydrogens is 262 g/mol. The predicted molar refractivity (Wildman–Crippen MR) is 84.0 cm³/mol. The number of carbonyl (C=O) groups excluding carboxylic acids is 1. The summed E-state index contributed by atoms with van der Waals surface area (Å²) in [5.74, 6) is -0.358. The number of benzene rings is 1. The molecule has 0 aromatic heterocycles. The Labute approximate surface area is 126 Å². The van der Waals surface area contributed by atoms with E-state index in [1.165, 1.54) is 31.2 Å². The highest BCUT2D eigenvalue weighted by Gasteiger charge is 2.35. The monoisotopic (exact) mass is 287 g/mol. The topological polar surface area (TPSA) is 58.4 Å². The number of fused-ring (bicyclic) bond motifs is 2. The van der Waals surface area contributed by atoms with E-state index in [0.717, 1.165) is 25.2 Å². The van der Waals surface area contributed by atoms with E-state index in [1.807, 2.05) is 24.3 Å². The van der Waals surface area contributed by atoms with E-state index in [-0.39, 0.29) is 5.91 Å². The van der Waals surface area contributed by atoms with E-state index in [0.29, 0.717) is 11.6 Å². The summed E-state index contributed by atoms with van der Waals surface area (Å²) < 4.78 is 0. The molecule has 3 N–H and O–H groups in total. The molecule has 2 aliphatic rings. The first-order valence-corrected chi connectivity index (χ1v) is 8.04. The van der Waals surface area contributed by atoms with E-state index < -0.39 is 0 Å². The summed E-state index contributed by atoms with van der Waals surface area (Å²) in [6.45, 7) is 4.27. The van der Waals surface area contributed by atoms with Crippen LogP contribution in [-0.2, 0) is 6.54 Å². The lowest BCUT2D eigenvalue weighted by molar-refractivity contribution is 0.1000. The largest absolute Gasteiger partial charge is 0.366 e. The second kappa shape index (κ2) is 6.16. The molecule has 0 radical (unpaired) electrons. The van der Waals surface area contributed by atoms with E-state index in [1.54, 1.807) is 0 Å². The van der Waals surface area contributed by atoms with Crippen LogP contribution in [0.2, 0.25) is 0 Å². The first-order valence-electron chi connectivity index (χ1n) is 8.04. The van der Waals surface area contributed by atoms with Crippen molar-refractivity contribution in [3.63, 3.8) is 0 Å². The van der Waals surface area contributed by atoms with E-state index in [2.05, 4.69) is 17.1 Å². The standard InChI is InChI=1S/C17H25N3O/c1-2-20(16-9-14-7-8-15(10-16)19-14)11-12-3-5-13(6-4-12)17(18)21/h3-6,14-16,19H,2,7-11H2,1H3,(H2,18,21). The fourth-order valence-corrected chi connectivity index (χ4v) is 3.83. The van der Waals surface area contributed by atoms with E-state index in [4.69, 9.17) is 5.73 Å². The molecule has 3 rings (SSSR count). The zero-order valence-corrected chi connectivity index (χ0v) is 12.7. The average Bonchev–Trinajstić information content (AvgIpc) is 2.83. The molecule has 2 unspecified atom stereocenters. The van der Waals surface area contributed by atoms with Gasteiger partial charge in [0.2, 0.25) is 5.91 Å². The van der Waals surface area contributed by atoms with Gasteiger partial charge < -0.3 is 11.1 Å². The molecule has 114 valence electrons. The third kappa shape index (κ3) is 3.27. The number of nitrogens with zero attached hydrogens (tertiary/aromatic N) is 1. The quantitative estimate of drug-likeness (QED) is 0.869. The summed E-state index contributed by atoms with van der Waals surface area (Å²) in [5.41, 5.74) is 7.13. The number of hydrogen-bond acceptors (Lipinski definition) is 3. The number of primary amides is 1. The lowest BCUT2D eigenvalue weighted by atomic mass is 9.97. The van der Waals surface area contributed by atoms with E-state index in [9.17, 15) is 4.79 Å². The summed E-state index contributed by atoms with van der Waals surface area (Å²) >= 11 is 0. The van der Waals surface area contributed by atoms with Gasteiger partial charge in [-0.15, -0.1) is 0 Å². The van der Waals surface area contributed by atoms with Crippen LogP contribution in [0, 0.1) is 0 Å². The molecule has 0 saturated carbocycles. The summed E-state index contributed by atoms with van der Waals surface area (Å²) in [7, 11) is 0. The molecule has 1 aromatic carbocycles. The molecule has 2 fully saturated rings. The van der Waals surface area contributed by atoms with Crippen LogP contribution in [0.5, 0.6) is 0 Å². The minimum absolute atomic E-state index is 0.358. The zero-order valence-electron chi connectivity index (χ0n) is 12.7. The average molecular weight is 287 g/mol. The third-order valence-electron chi connectivity index (χ3n) is 4.99. The fourth-order valence-electron chi connectivity index (χ4n) is 3.83.